The standard InChI is InChI=1S/C60H109O11P/c1-4-7-10-13-16-19-22-25-27-28-30-33-36-39-42-45-48-51-60(64)71-57(53-67-58(62)49-46-43-40-37-34-32-29-26-23-20-17-14-11-8-5-2)55-69-72(65,66)68-54-56(52-61)70-59(63)50-47-44-41-38-35-31-24-21-18-15-12-9-6-3/h9,12,18,21,25,27,31,35,56-57,61H,4-8,10-11,13-17,19-20,22-24,26,28-30,32-34,36-55H2,1-3H3,(H,65,66)/b12-9-,21-18-,27-25-,35-31-. The van der Waals surface area contributed by atoms with E-state index in [2.05, 4.69) is 69.4 Å². The van der Waals surface area contributed by atoms with Crippen LogP contribution in [0.3, 0.4) is 0 Å². The number of esters is 3. The van der Waals surface area contributed by atoms with Gasteiger partial charge in [-0.05, 0) is 77.0 Å². The Bertz CT molecular complexity index is 1400. The third-order valence-corrected chi connectivity index (χ3v) is 13.7. The van der Waals surface area contributed by atoms with Gasteiger partial charge in [-0.3, -0.25) is 23.4 Å². The molecule has 3 unspecified atom stereocenters. The van der Waals surface area contributed by atoms with Crippen LogP contribution in [0.1, 0.15) is 278 Å². The van der Waals surface area contributed by atoms with Gasteiger partial charge in [0, 0.05) is 19.3 Å². The largest absolute Gasteiger partial charge is 0.472 e. The average Bonchev–Trinajstić information content (AvgIpc) is 3.37. The van der Waals surface area contributed by atoms with Crippen LogP contribution in [-0.2, 0) is 42.2 Å². The molecule has 0 aliphatic carbocycles. The number of phosphoric ester groups is 1. The van der Waals surface area contributed by atoms with Crippen LogP contribution in [0.25, 0.3) is 0 Å². The Morgan fingerprint density at radius 2 is 0.722 bits per heavy atom. The van der Waals surface area contributed by atoms with Crippen molar-refractivity contribution in [3.05, 3.63) is 48.6 Å². The maximum atomic E-state index is 12.9. The van der Waals surface area contributed by atoms with E-state index in [0.29, 0.717) is 19.3 Å². The van der Waals surface area contributed by atoms with Crippen molar-refractivity contribution < 1.29 is 52.2 Å². The van der Waals surface area contributed by atoms with Crippen molar-refractivity contribution in [2.24, 2.45) is 0 Å². The van der Waals surface area contributed by atoms with E-state index in [1.807, 2.05) is 0 Å². The first-order valence-corrected chi connectivity index (χ1v) is 31.0. The molecular formula is C60H109O11P. The van der Waals surface area contributed by atoms with Gasteiger partial charge in [0.1, 0.15) is 12.7 Å². The summed E-state index contributed by atoms with van der Waals surface area (Å²) in [5.41, 5.74) is 0. The van der Waals surface area contributed by atoms with E-state index < -0.39 is 57.8 Å². The Kier molecular flexibility index (Phi) is 52.7. The minimum absolute atomic E-state index is 0.143. The number of aliphatic hydroxyl groups is 1. The first kappa shape index (κ1) is 69.4. The molecule has 0 aliphatic rings. The number of carbonyl (C=O) groups is 3. The molecule has 0 fully saturated rings. The third-order valence-electron chi connectivity index (χ3n) is 12.7. The molecule has 3 atom stereocenters. The summed E-state index contributed by atoms with van der Waals surface area (Å²) < 4.78 is 39.5. The van der Waals surface area contributed by atoms with Gasteiger partial charge in [0.05, 0.1) is 19.8 Å². The molecule has 0 aromatic heterocycles. The number of phosphoric acid groups is 1. The first-order valence-electron chi connectivity index (χ1n) is 29.5. The van der Waals surface area contributed by atoms with Crippen molar-refractivity contribution in [2.45, 2.75) is 290 Å². The lowest BCUT2D eigenvalue weighted by atomic mass is 10.0. The van der Waals surface area contributed by atoms with Crippen LogP contribution in [0.15, 0.2) is 48.6 Å². The van der Waals surface area contributed by atoms with Gasteiger partial charge in [-0.15, -0.1) is 0 Å². The van der Waals surface area contributed by atoms with Crippen molar-refractivity contribution in [2.75, 3.05) is 26.4 Å². The normalized spacial score (nSPS) is 13.7. The number of hydrogen-bond donors (Lipinski definition) is 2. The van der Waals surface area contributed by atoms with Gasteiger partial charge in [0.25, 0.3) is 0 Å². The molecule has 0 bridgehead atoms. The first-order chi connectivity index (χ1) is 35.2. The van der Waals surface area contributed by atoms with Crippen LogP contribution >= 0.6 is 7.82 Å². The summed E-state index contributed by atoms with van der Waals surface area (Å²) in [4.78, 5) is 48.5. The fourth-order valence-corrected chi connectivity index (χ4v) is 9.03. The quantitative estimate of drug-likeness (QED) is 0.0197. The SMILES string of the molecule is CC/C=C\C/C=C\C/C=C\CCCCCC(=O)OC(CO)COP(=O)(O)OCC(COC(=O)CCCCCCCCCCCCCCCCC)OC(=O)CCCCCCCCC/C=C\CCCCCCCC. The predicted octanol–water partition coefficient (Wildman–Crippen LogP) is 17.4. The zero-order valence-electron chi connectivity index (χ0n) is 46.4. The summed E-state index contributed by atoms with van der Waals surface area (Å²) in [6, 6.07) is 0. The Labute approximate surface area is 441 Å². The Morgan fingerprint density at radius 1 is 0.403 bits per heavy atom. The van der Waals surface area contributed by atoms with Gasteiger partial charge in [-0.1, -0.05) is 230 Å². The summed E-state index contributed by atoms with van der Waals surface area (Å²) in [6.07, 6.45) is 57.8. The minimum atomic E-state index is -4.75. The molecule has 0 amide bonds. The van der Waals surface area contributed by atoms with Crippen molar-refractivity contribution in [1.29, 1.82) is 0 Å². The molecule has 420 valence electrons. The lowest BCUT2D eigenvalue weighted by Crippen LogP contribution is -2.30. The molecule has 11 nitrogen and oxygen atoms in total. The zero-order chi connectivity index (χ0) is 52.7. The number of carbonyl (C=O) groups excluding carboxylic acids is 3. The van der Waals surface area contributed by atoms with Crippen molar-refractivity contribution >= 4 is 25.7 Å². The van der Waals surface area contributed by atoms with Crippen LogP contribution < -0.4 is 0 Å². The highest BCUT2D eigenvalue weighted by Gasteiger charge is 2.28. The number of rotatable bonds is 55. The molecule has 0 spiro atoms. The second kappa shape index (κ2) is 54.7. The molecule has 72 heavy (non-hydrogen) atoms. The highest BCUT2D eigenvalue weighted by atomic mass is 31.2. The molecule has 0 rings (SSSR count). The summed E-state index contributed by atoms with van der Waals surface area (Å²) in [6.45, 7) is 4.52. The molecule has 0 aromatic rings. The third kappa shape index (κ3) is 52.3. The number of hydrogen-bond acceptors (Lipinski definition) is 10. The molecule has 0 radical (unpaired) electrons. The summed E-state index contributed by atoms with van der Waals surface area (Å²) in [5, 5.41) is 9.80. The van der Waals surface area contributed by atoms with E-state index in [1.54, 1.807) is 0 Å². The number of allylic oxidation sites excluding steroid dienone is 8. The fourth-order valence-electron chi connectivity index (χ4n) is 8.25. The summed E-state index contributed by atoms with van der Waals surface area (Å²) in [7, 11) is -4.75. The fraction of sp³-hybridized carbons (Fsp3) is 0.817. The lowest BCUT2D eigenvalue weighted by Gasteiger charge is -2.21. The molecule has 0 aliphatic heterocycles. The van der Waals surface area contributed by atoms with Crippen LogP contribution in [0.4, 0.5) is 0 Å². The lowest BCUT2D eigenvalue weighted by molar-refractivity contribution is -0.161. The Hall–Kier alpha value is -2.56. The van der Waals surface area contributed by atoms with E-state index in [4.69, 9.17) is 23.3 Å². The molecule has 0 aromatic carbocycles. The van der Waals surface area contributed by atoms with Crippen molar-refractivity contribution in [3.63, 3.8) is 0 Å². The van der Waals surface area contributed by atoms with Crippen molar-refractivity contribution in [1.82, 2.24) is 0 Å². The van der Waals surface area contributed by atoms with Crippen LogP contribution in [-0.4, -0.2) is 66.5 Å². The van der Waals surface area contributed by atoms with Gasteiger partial charge in [0.2, 0.25) is 0 Å². The van der Waals surface area contributed by atoms with Gasteiger partial charge >= 0.3 is 25.7 Å². The molecule has 12 heteroatoms. The predicted molar refractivity (Wildman–Crippen MR) is 298 cm³/mol. The maximum absolute atomic E-state index is 12.9. The maximum Gasteiger partial charge on any atom is 0.472 e. The second-order valence-corrected chi connectivity index (χ2v) is 21.2. The molecule has 2 N–H and O–H groups in total. The minimum Gasteiger partial charge on any atom is -0.462 e. The van der Waals surface area contributed by atoms with Crippen LogP contribution in [0.2, 0.25) is 0 Å². The smallest absolute Gasteiger partial charge is 0.462 e. The van der Waals surface area contributed by atoms with E-state index in [1.165, 1.54) is 135 Å². The second-order valence-electron chi connectivity index (χ2n) is 19.8. The van der Waals surface area contributed by atoms with Gasteiger partial charge in [-0.25, -0.2) is 4.57 Å². The van der Waals surface area contributed by atoms with Gasteiger partial charge in [-0.2, -0.15) is 0 Å². The van der Waals surface area contributed by atoms with E-state index in [-0.39, 0.29) is 25.9 Å². The average molecular weight is 1040 g/mol. The molecular weight excluding hydrogens is 928 g/mol. The highest BCUT2D eigenvalue weighted by molar-refractivity contribution is 7.47. The van der Waals surface area contributed by atoms with E-state index in [9.17, 15) is 28.9 Å². The van der Waals surface area contributed by atoms with E-state index in [0.717, 1.165) is 83.5 Å². The zero-order valence-corrected chi connectivity index (χ0v) is 47.3. The van der Waals surface area contributed by atoms with Crippen LogP contribution in [0, 0.1) is 0 Å². The summed E-state index contributed by atoms with van der Waals surface area (Å²) in [5.74, 6) is -1.48. The highest BCUT2D eigenvalue weighted by Crippen LogP contribution is 2.43. The molecule has 0 saturated heterocycles. The van der Waals surface area contributed by atoms with Gasteiger partial charge < -0.3 is 24.2 Å². The molecule has 0 saturated carbocycles. The topological polar surface area (TPSA) is 155 Å². The number of aliphatic hydroxyl groups excluding tert-OH is 1. The Balaban J connectivity index is 4.73. The Morgan fingerprint density at radius 3 is 1.14 bits per heavy atom. The summed E-state index contributed by atoms with van der Waals surface area (Å²) >= 11 is 0. The van der Waals surface area contributed by atoms with Gasteiger partial charge in [0.15, 0.2) is 6.10 Å². The van der Waals surface area contributed by atoms with Crippen LogP contribution in [0.5, 0.6) is 0 Å². The monoisotopic (exact) mass is 1040 g/mol. The van der Waals surface area contributed by atoms with Crippen molar-refractivity contribution in [3.8, 4) is 0 Å². The number of unbranched alkanes of at least 4 members (excludes halogenated alkanes) is 30. The molecule has 0 heterocycles. The number of ether oxygens (including phenoxy) is 3. The van der Waals surface area contributed by atoms with E-state index >= 15 is 0 Å².